The molecule has 0 saturated carbocycles. The number of aromatic nitrogens is 1. The van der Waals surface area contributed by atoms with Gasteiger partial charge in [0.1, 0.15) is 0 Å². The Morgan fingerprint density at radius 1 is 1.36 bits per heavy atom. The molecule has 4 heteroatoms. The third-order valence-electron chi connectivity index (χ3n) is 2.09. The largest absolute Gasteiger partial charge is 0.324 e. The molecule has 0 spiro atoms. The maximum atomic E-state index is 11.5. The highest BCUT2D eigenvalue weighted by molar-refractivity contribution is 9.10. The lowest BCUT2D eigenvalue weighted by Crippen LogP contribution is -2.07. The molecule has 0 saturated heterocycles. The summed E-state index contributed by atoms with van der Waals surface area (Å²) in [5, 5.41) is 1.99. The van der Waals surface area contributed by atoms with Gasteiger partial charge in [0.25, 0.3) is 5.56 Å². The van der Waals surface area contributed by atoms with Crippen LogP contribution in [0.25, 0.3) is 10.8 Å². The minimum absolute atomic E-state index is 0.102. The number of H-pyrrole nitrogens is 1. The van der Waals surface area contributed by atoms with Gasteiger partial charge >= 0.3 is 0 Å². The highest BCUT2D eigenvalue weighted by Crippen LogP contribution is 2.25. The summed E-state index contributed by atoms with van der Waals surface area (Å²) < 4.78 is 0.914. The van der Waals surface area contributed by atoms with Gasteiger partial charge in [0, 0.05) is 20.9 Å². The Hall–Kier alpha value is -0.800. The molecule has 14 heavy (non-hydrogen) atoms. The van der Waals surface area contributed by atoms with Crippen LogP contribution in [0.2, 0.25) is 5.02 Å². The molecule has 0 unspecified atom stereocenters. The van der Waals surface area contributed by atoms with Crippen molar-refractivity contribution in [1.29, 1.82) is 0 Å². The second kappa shape index (κ2) is 3.41. The molecular formula is C10H7BrClNO. The lowest BCUT2D eigenvalue weighted by molar-refractivity contribution is 1.17. The number of hydrogen-bond donors (Lipinski definition) is 1. The van der Waals surface area contributed by atoms with Crippen molar-refractivity contribution in [3.05, 3.63) is 43.7 Å². The van der Waals surface area contributed by atoms with Gasteiger partial charge in [-0.2, -0.15) is 0 Å². The summed E-state index contributed by atoms with van der Waals surface area (Å²) in [7, 11) is 0. The zero-order valence-corrected chi connectivity index (χ0v) is 9.74. The maximum Gasteiger partial charge on any atom is 0.256 e. The van der Waals surface area contributed by atoms with E-state index in [-0.39, 0.29) is 5.56 Å². The molecule has 72 valence electrons. The number of aryl methyl sites for hydroxylation is 1. The number of hydrogen-bond acceptors (Lipinski definition) is 1. The second-order valence-electron chi connectivity index (χ2n) is 3.08. The van der Waals surface area contributed by atoms with E-state index in [1.807, 2.05) is 12.1 Å². The molecule has 0 fully saturated rings. The van der Waals surface area contributed by atoms with Crippen molar-refractivity contribution in [1.82, 2.24) is 4.98 Å². The van der Waals surface area contributed by atoms with E-state index in [0.29, 0.717) is 16.1 Å². The van der Waals surface area contributed by atoms with Crippen LogP contribution in [0.5, 0.6) is 0 Å². The van der Waals surface area contributed by atoms with E-state index in [4.69, 9.17) is 11.6 Å². The molecule has 0 bridgehead atoms. The van der Waals surface area contributed by atoms with Gasteiger partial charge in [-0.15, -0.1) is 0 Å². The van der Waals surface area contributed by atoms with Crippen LogP contribution in [0.4, 0.5) is 0 Å². The summed E-state index contributed by atoms with van der Waals surface area (Å²) >= 11 is 9.42. The van der Waals surface area contributed by atoms with Crippen LogP contribution in [-0.4, -0.2) is 4.98 Å². The average molecular weight is 273 g/mol. The Morgan fingerprint density at radius 3 is 2.79 bits per heavy atom. The van der Waals surface area contributed by atoms with Gasteiger partial charge in [-0.3, -0.25) is 4.79 Å². The number of aromatic amines is 1. The van der Waals surface area contributed by atoms with Crippen LogP contribution < -0.4 is 5.56 Å². The number of nitrogens with one attached hydrogen (secondary N) is 1. The third kappa shape index (κ3) is 1.47. The molecule has 2 aromatic rings. The van der Waals surface area contributed by atoms with Gasteiger partial charge in [0.05, 0.1) is 5.02 Å². The lowest BCUT2D eigenvalue weighted by Gasteiger charge is -2.03. The highest BCUT2D eigenvalue weighted by atomic mass is 79.9. The summed E-state index contributed by atoms with van der Waals surface area (Å²) in [5.41, 5.74) is 0.594. The second-order valence-corrected chi connectivity index (χ2v) is 4.38. The first-order valence-corrected chi connectivity index (χ1v) is 5.24. The van der Waals surface area contributed by atoms with Crippen molar-refractivity contribution >= 4 is 38.3 Å². The number of pyridine rings is 1. The monoisotopic (exact) mass is 271 g/mol. The van der Waals surface area contributed by atoms with E-state index < -0.39 is 0 Å². The molecule has 1 heterocycles. The molecule has 0 aliphatic heterocycles. The molecule has 1 N–H and O–H groups in total. The molecule has 1 aromatic heterocycles. The summed E-state index contributed by atoms with van der Waals surface area (Å²) in [6.45, 7) is 1.78. The van der Waals surface area contributed by atoms with E-state index in [2.05, 4.69) is 20.9 Å². The Bertz CT molecular complexity index is 562. The standard InChI is InChI=1S/C10H7BrClNO/c1-5-9(12)8-4-6(11)2-3-7(8)10(14)13-5/h2-4H,1H3,(H,13,14). The zero-order chi connectivity index (χ0) is 10.3. The van der Waals surface area contributed by atoms with Crippen molar-refractivity contribution < 1.29 is 0 Å². The molecule has 0 radical (unpaired) electrons. The van der Waals surface area contributed by atoms with Gasteiger partial charge in [0.15, 0.2) is 0 Å². The number of rotatable bonds is 0. The highest BCUT2D eigenvalue weighted by Gasteiger charge is 2.06. The molecule has 0 aliphatic rings. The predicted molar refractivity (Wildman–Crippen MR) is 62.0 cm³/mol. The van der Waals surface area contributed by atoms with Crippen molar-refractivity contribution in [2.75, 3.05) is 0 Å². The zero-order valence-electron chi connectivity index (χ0n) is 7.40. The Kier molecular flexibility index (Phi) is 2.37. The fourth-order valence-electron chi connectivity index (χ4n) is 1.39. The third-order valence-corrected chi connectivity index (χ3v) is 3.07. The minimum atomic E-state index is -0.102. The minimum Gasteiger partial charge on any atom is -0.324 e. The van der Waals surface area contributed by atoms with Crippen LogP contribution in [0, 0.1) is 6.92 Å². The van der Waals surface area contributed by atoms with Crippen molar-refractivity contribution in [3.8, 4) is 0 Å². The maximum absolute atomic E-state index is 11.5. The van der Waals surface area contributed by atoms with Crippen molar-refractivity contribution in [2.45, 2.75) is 6.92 Å². The van der Waals surface area contributed by atoms with E-state index >= 15 is 0 Å². The van der Waals surface area contributed by atoms with Gasteiger partial charge in [-0.1, -0.05) is 27.5 Å². The molecule has 2 rings (SSSR count). The Labute approximate surface area is 94.0 Å². The van der Waals surface area contributed by atoms with E-state index in [9.17, 15) is 4.79 Å². The van der Waals surface area contributed by atoms with Gasteiger partial charge in [-0.25, -0.2) is 0 Å². The normalized spacial score (nSPS) is 10.8. The number of fused-ring (bicyclic) bond motifs is 1. The first kappa shape index (κ1) is 9.74. The quantitative estimate of drug-likeness (QED) is 0.784. The molecule has 0 aliphatic carbocycles. The molecule has 1 aromatic carbocycles. The van der Waals surface area contributed by atoms with Crippen LogP contribution in [0.3, 0.4) is 0 Å². The summed E-state index contributed by atoms with van der Waals surface area (Å²) in [6, 6.07) is 5.42. The SMILES string of the molecule is Cc1[nH]c(=O)c2ccc(Br)cc2c1Cl. The first-order chi connectivity index (χ1) is 6.59. The lowest BCUT2D eigenvalue weighted by atomic mass is 10.1. The first-order valence-electron chi connectivity index (χ1n) is 4.07. The van der Waals surface area contributed by atoms with Gasteiger partial charge in [0.2, 0.25) is 0 Å². The van der Waals surface area contributed by atoms with Crippen molar-refractivity contribution in [2.24, 2.45) is 0 Å². The number of halogens is 2. The van der Waals surface area contributed by atoms with Crippen molar-refractivity contribution in [3.63, 3.8) is 0 Å². The molecular weight excluding hydrogens is 265 g/mol. The van der Waals surface area contributed by atoms with Crippen LogP contribution in [0.15, 0.2) is 27.5 Å². The summed E-state index contributed by atoms with van der Waals surface area (Å²) in [5.74, 6) is 0. The van der Waals surface area contributed by atoms with E-state index in [0.717, 1.165) is 9.86 Å². The fraction of sp³-hybridized carbons (Fsp3) is 0.100. The van der Waals surface area contributed by atoms with Gasteiger partial charge in [-0.05, 0) is 25.1 Å². The smallest absolute Gasteiger partial charge is 0.256 e. The topological polar surface area (TPSA) is 32.9 Å². The molecule has 0 atom stereocenters. The average Bonchev–Trinajstić information content (AvgIpc) is 2.14. The molecule has 2 nitrogen and oxygen atoms in total. The predicted octanol–water partition coefficient (Wildman–Crippen LogP) is 3.25. The Morgan fingerprint density at radius 2 is 2.07 bits per heavy atom. The fourth-order valence-corrected chi connectivity index (χ4v) is 1.96. The van der Waals surface area contributed by atoms with E-state index in [1.165, 1.54) is 0 Å². The van der Waals surface area contributed by atoms with Gasteiger partial charge < -0.3 is 4.98 Å². The Balaban J connectivity index is 3.03. The van der Waals surface area contributed by atoms with E-state index in [1.54, 1.807) is 13.0 Å². The summed E-state index contributed by atoms with van der Waals surface area (Å²) in [4.78, 5) is 14.2. The number of benzene rings is 1. The molecule has 0 amide bonds. The van der Waals surface area contributed by atoms with Crippen LogP contribution >= 0.6 is 27.5 Å². The van der Waals surface area contributed by atoms with Crippen LogP contribution in [0.1, 0.15) is 5.69 Å². The summed E-state index contributed by atoms with van der Waals surface area (Å²) in [6.07, 6.45) is 0. The van der Waals surface area contributed by atoms with Crippen LogP contribution in [-0.2, 0) is 0 Å².